The van der Waals surface area contributed by atoms with Crippen LogP contribution in [0.4, 0.5) is 0 Å². The number of hydrogen-bond acceptors (Lipinski definition) is 7. The Morgan fingerprint density at radius 1 is 0.587 bits per heavy atom. The fourth-order valence-corrected chi connectivity index (χ4v) is 6.27. The van der Waals surface area contributed by atoms with Crippen molar-refractivity contribution in [1.82, 2.24) is 0 Å². The molecule has 0 radical (unpaired) electrons. The van der Waals surface area contributed by atoms with Crippen LogP contribution in [0.25, 0.3) is 11.1 Å². The van der Waals surface area contributed by atoms with E-state index in [2.05, 4.69) is 98.8 Å². The summed E-state index contributed by atoms with van der Waals surface area (Å²) >= 11 is 0. The Hall–Kier alpha value is -4.04. The predicted octanol–water partition coefficient (Wildman–Crippen LogP) is 6.81. The van der Waals surface area contributed by atoms with E-state index in [0.717, 1.165) is 71.5 Å². The van der Waals surface area contributed by atoms with Crippen LogP contribution in [-0.4, -0.2) is 64.6 Å². The fourth-order valence-electron chi connectivity index (χ4n) is 6.27. The van der Waals surface area contributed by atoms with E-state index in [9.17, 15) is 0 Å². The van der Waals surface area contributed by atoms with Crippen molar-refractivity contribution in [2.45, 2.75) is 44.0 Å². The molecule has 7 nitrogen and oxygen atoms in total. The summed E-state index contributed by atoms with van der Waals surface area (Å²) in [5.41, 5.74) is 6.27. The molecular weight excluding hydrogens is 580 g/mol. The van der Waals surface area contributed by atoms with Crippen LogP contribution in [0, 0.1) is 5.92 Å². The summed E-state index contributed by atoms with van der Waals surface area (Å²) < 4.78 is 41.0. The van der Waals surface area contributed by atoms with Crippen LogP contribution in [0.15, 0.2) is 84.9 Å². The molecule has 4 aromatic carbocycles. The first-order valence-corrected chi connectivity index (χ1v) is 16.5. The van der Waals surface area contributed by atoms with Crippen molar-refractivity contribution in [1.29, 1.82) is 0 Å². The third-order valence-electron chi connectivity index (χ3n) is 9.40. The topological polar surface area (TPSA) is 74.5 Å². The molecule has 3 saturated heterocycles. The average molecular weight is 621 g/mol. The Labute approximate surface area is 270 Å². The van der Waals surface area contributed by atoms with Crippen molar-refractivity contribution < 1.29 is 33.2 Å². The molecular formula is C39H40O7. The standard InChI is InChI=1S/C39H40O7/c1-3-25(2)18-40-28-8-4-26(5-9-28)39(27-6-10-29(11-7-27)41-19-32-22-44-32)37-16-30(42-20-33-23-45-33)12-14-35(37)36-15-13-31(17-38(36)39)43-21-34-24-46-34/h4-17,25,32-34H,3,18-24H2,1-2H3. The average Bonchev–Trinajstić information content (AvgIpc) is 3.96. The normalized spacial score (nSPS) is 24.0. The third kappa shape index (κ3) is 5.95. The quantitative estimate of drug-likeness (QED) is 0.119. The molecule has 1 aliphatic carbocycles. The molecule has 3 aliphatic heterocycles. The van der Waals surface area contributed by atoms with Crippen LogP contribution in [0.5, 0.6) is 23.0 Å². The fraction of sp³-hybridized carbons (Fsp3) is 0.385. The zero-order chi connectivity index (χ0) is 31.1. The van der Waals surface area contributed by atoms with Gasteiger partial charge in [0.2, 0.25) is 0 Å². The van der Waals surface area contributed by atoms with Gasteiger partial charge in [0, 0.05) is 0 Å². The van der Waals surface area contributed by atoms with Gasteiger partial charge < -0.3 is 33.2 Å². The number of hydrogen-bond donors (Lipinski definition) is 0. The molecule has 4 unspecified atom stereocenters. The van der Waals surface area contributed by atoms with E-state index in [1.807, 2.05) is 0 Å². The van der Waals surface area contributed by atoms with Crippen LogP contribution in [-0.2, 0) is 19.6 Å². The maximum absolute atomic E-state index is 6.26. The van der Waals surface area contributed by atoms with E-state index >= 15 is 0 Å². The van der Waals surface area contributed by atoms with Crippen LogP contribution < -0.4 is 18.9 Å². The zero-order valence-corrected chi connectivity index (χ0v) is 26.4. The minimum atomic E-state index is -0.650. The lowest BCUT2D eigenvalue weighted by Crippen LogP contribution is -2.28. The van der Waals surface area contributed by atoms with E-state index in [4.69, 9.17) is 33.2 Å². The monoisotopic (exact) mass is 620 g/mol. The highest BCUT2D eigenvalue weighted by Crippen LogP contribution is 2.57. The van der Waals surface area contributed by atoms with Crippen LogP contribution in [0.3, 0.4) is 0 Å². The Bertz CT molecular complexity index is 1600. The molecule has 3 fully saturated rings. The van der Waals surface area contributed by atoms with Crippen LogP contribution >= 0.6 is 0 Å². The molecule has 4 atom stereocenters. The summed E-state index contributed by atoms with van der Waals surface area (Å²) in [6, 6.07) is 30.0. The number of epoxide rings is 3. The highest BCUT2D eigenvalue weighted by molar-refractivity contribution is 5.87. The summed E-state index contributed by atoms with van der Waals surface area (Å²) in [6.07, 6.45) is 1.61. The lowest BCUT2D eigenvalue weighted by molar-refractivity contribution is 0.256. The summed E-state index contributed by atoms with van der Waals surface area (Å²) in [7, 11) is 0. The van der Waals surface area contributed by atoms with Gasteiger partial charge in [0.05, 0.1) is 31.8 Å². The predicted molar refractivity (Wildman–Crippen MR) is 174 cm³/mol. The first kappa shape index (κ1) is 29.4. The smallest absolute Gasteiger partial charge is 0.119 e. The number of benzene rings is 4. The molecule has 7 heteroatoms. The van der Waals surface area contributed by atoms with Gasteiger partial charge in [0.15, 0.2) is 0 Å². The van der Waals surface area contributed by atoms with Crippen molar-refractivity contribution in [2.24, 2.45) is 5.92 Å². The number of ether oxygens (including phenoxy) is 7. The van der Waals surface area contributed by atoms with Crippen molar-refractivity contribution >= 4 is 0 Å². The molecule has 4 aromatic rings. The Kier molecular flexibility index (Phi) is 7.84. The van der Waals surface area contributed by atoms with Gasteiger partial charge in [-0.1, -0.05) is 56.7 Å². The van der Waals surface area contributed by atoms with Crippen LogP contribution in [0.1, 0.15) is 42.5 Å². The maximum Gasteiger partial charge on any atom is 0.119 e. The largest absolute Gasteiger partial charge is 0.493 e. The third-order valence-corrected chi connectivity index (χ3v) is 9.40. The Morgan fingerprint density at radius 2 is 0.978 bits per heavy atom. The summed E-state index contributed by atoms with van der Waals surface area (Å²) in [6.45, 7) is 9.01. The molecule has 8 rings (SSSR count). The van der Waals surface area contributed by atoms with E-state index in [1.165, 1.54) is 11.1 Å². The van der Waals surface area contributed by atoms with Gasteiger partial charge in [-0.2, -0.15) is 0 Å². The van der Waals surface area contributed by atoms with Gasteiger partial charge in [-0.3, -0.25) is 0 Å². The molecule has 0 aromatic heterocycles. The first-order valence-electron chi connectivity index (χ1n) is 16.5. The van der Waals surface area contributed by atoms with Crippen molar-refractivity contribution in [3.05, 3.63) is 107 Å². The van der Waals surface area contributed by atoms with E-state index < -0.39 is 5.41 Å². The van der Waals surface area contributed by atoms with E-state index in [-0.39, 0.29) is 18.3 Å². The van der Waals surface area contributed by atoms with E-state index in [1.54, 1.807) is 0 Å². The minimum Gasteiger partial charge on any atom is -0.493 e. The molecule has 3 heterocycles. The second-order valence-corrected chi connectivity index (χ2v) is 12.8. The molecule has 0 saturated carbocycles. The van der Waals surface area contributed by atoms with Crippen molar-refractivity contribution in [3.8, 4) is 34.1 Å². The lowest BCUT2D eigenvalue weighted by Gasteiger charge is -2.34. The molecule has 0 N–H and O–H groups in total. The highest BCUT2D eigenvalue weighted by Gasteiger charge is 2.47. The van der Waals surface area contributed by atoms with Crippen LogP contribution in [0.2, 0.25) is 0 Å². The first-order chi connectivity index (χ1) is 22.6. The zero-order valence-electron chi connectivity index (χ0n) is 26.4. The van der Waals surface area contributed by atoms with Gasteiger partial charge in [-0.25, -0.2) is 0 Å². The molecule has 46 heavy (non-hydrogen) atoms. The Balaban J connectivity index is 1.26. The second kappa shape index (κ2) is 12.3. The van der Waals surface area contributed by atoms with Gasteiger partial charge in [0.25, 0.3) is 0 Å². The molecule has 4 aliphatic rings. The summed E-state index contributed by atoms with van der Waals surface area (Å²) in [5, 5.41) is 0. The molecule has 238 valence electrons. The van der Waals surface area contributed by atoms with Gasteiger partial charge >= 0.3 is 0 Å². The number of fused-ring (bicyclic) bond motifs is 3. The summed E-state index contributed by atoms with van der Waals surface area (Å²) in [5.74, 6) is 3.83. The second-order valence-electron chi connectivity index (χ2n) is 12.8. The van der Waals surface area contributed by atoms with Crippen molar-refractivity contribution in [3.63, 3.8) is 0 Å². The van der Waals surface area contributed by atoms with Crippen molar-refractivity contribution in [2.75, 3.05) is 46.2 Å². The highest BCUT2D eigenvalue weighted by atomic mass is 16.6. The Morgan fingerprint density at radius 3 is 1.39 bits per heavy atom. The lowest BCUT2D eigenvalue weighted by atomic mass is 9.67. The van der Waals surface area contributed by atoms with E-state index in [0.29, 0.717) is 32.3 Å². The number of rotatable bonds is 15. The summed E-state index contributed by atoms with van der Waals surface area (Å²) in [4.78, 5) is 0. The van der Waals surface area contributed by atoms with Gasteiger partial charge in [-0.15, -0.1) is 0 Å². The molecule has 0 spiro atoms. The maximum atomic E-state index is 6.26. The minimum absolute atomic E-state index is 0.168. The van der Waals surface area contributed by atoms with Gasteiger partial charge in [0.1, 0.15) is 61.1 Å². The molecule has 0 amide bonds. The SMILES string of the molecule is CCC(C)COc1ccc(C2(c3ccc(OCC4CO4)cc3)c3cc(OCC4CO4)ccc3-c3ccc(OCC4CO4)cc32)cc1. The molecule has 0 bridgehead atoms. The van der Waals surface area contributed by atoms with Gasteiger partial charge in [-0.05, 0) is 87.8 Å².